The molecule has 0 aliphatic heterocycles. The summed E-state index contributed by atoms with van der Waals surface area (Å²) in [7, 11) is -5.11. The molecule has 1 saturated carbocycles. The van der Waals surface area contributed by atoms with Gasteiger partial charge in [-0.05, 0) is 12.8 Å². The Labute approximate surface area is 382 Å². The van der Waals surface area contributed by atoms with E-state index in [2.05, 4.69) is 13.8 Å². The molecule has 1 rings (SSSR count). The Morgan fingerprint density at radius 3 is 1.05 bits per heavy atom. The van der Waals surface area contributed by atoms with E-state index in [1.54, 1.807) is 0 Å². The maximum absolute atomic E-state index is 12.8. The van der Waals surface area contributed by atoms with Crippen molar-refractivity contribution in [1.82, 2.24) is 0 Å². The maximum Gasteiger partial charge on any atom is 0.472 e. The van der Waals surface area contributed by atoms with Crippen molar-refractivity contribution in [3.05, 3.63) is 0 Å². The molecule has 6 N–H and O–H groups in total. The summed E-state index contributed by atoms with van der Waals surface area (Å²) in [5, 5.41) is 50.2. The van der Waals surface area contributed by atoms with Crippen LogP contribution in [-0.4, -0.2) is 98.3 Å². The quantitative estimate of drug-likeness (QED) is 0.0191. The van der Waals surface area contributed by atoms with Gasteiger partial charge in [0.1, 0.15) is 43.2 Å². The van der Waals surface area contributed by atoms with Gasteiger partial charge in [0.05, 0.1) is 6.61 Å². The average Bonchev–Trinajstić information content (AvgIpc) is 3.26. The van der Waals surface area contributed by atoms with E-state index >= 15 is 0 Å². The van der Waals surface area contributed by atoms with Crippen LogP contribution in [0.4, 0.5) is 0 Å². The van der Waals surface area contributed by atoms with Crippen LogP contribution in [0.5, 0.6) is 0 Å². The van der Waals surface area contributed by atoms with E-state index in [4.69, 9.17) is 18.5 Å². The van der Waals surface area contributed by atoms with E-state index < -0.39 is 75.7 Å². The topological polar surface area (TPSA) is 210 Å². The van der Waals surface area contributed by atoms with Crippen molar-refractivity contribution in [2.75, 3.05) is 13.2 Å². The molecular formula is C49H95O13P. The summed E-state index contributed by atoms with van der Waals surface area (Å²) in [5.41, 5.74) is 0. The number of unbranched alkanes of at least 4 members (excludes halogenated alkanes) is 32. The number of phosphoric acid groups is 1. The minimum absolute atomic E-state index is 0.105. The molecule has 1 aliphatic carbocycles. The van der Waals surface area contributed by atoms with E-state index in [1.807, 2.05) is 0 Å². The molecule has 14 heteroatoms. The number of hydrogen-bond acceptors (Lipinski definition) is 12. The van der Waals surface area contributed by atoms with E-state index in [-0.39, 0.29) is 12.8 Å². The summed E-state index contributed by atoms with van der Waals surface area (Å²) >= 11 is 0. The molecule has 0 bridgehead atoms. The number of carbonyl (C=O) groups excluding carboxylic acids is 2. The normalized spacial score (nSPS) is 21.6. The molecule has 374 valence electrons. The molecule has 0 spiro atoms. The minimum Gasteiger partial charge on any atom is -0.462 e. The van der Waals surface area contributed by atoms with Gasteiger partial charge in [-0.25, -0.2) is 4.57 Å². The van der Waals surface area contributed by atoms with Crippen molar-refractivity contribution in [2.45, 2.75) is 288 Å². The van der Waals surface area contributed by atoms with Crippen LogP contribution in [0.25, 0.3) is 0 Å². The molecule has 1 aliphatic rings. The van der Waals surface area contributed by atoms with Gasteiger partial charge in [0.2, 0.25) is 0 Å². The van der Waals surface area contributed by atoms with E-state index in [0.29, 0.717) is 12.8 Å². The number of carbonyl (C=O) groups is 2. The van der Waals surface area contributed by atoms with Crippen LogP contribution in [0, 0.1) is 0 Å². The number of phosphoric ester groups is 1. The van der Waals surface area contributed by atoms with Gasteiger partial charge < -0.3 is 39.9 Å². The van der Waals surface area contributed by atoms with E-state index in [9.17, 15) is 44.6 Å². The highest BCUT2D eigenvalue weighted by Gasteiger charge is 2.51. The molecule has 63 heavy (non-hydrogen) atoms. The molecule has 0 amide bonds. The van der Waals surface area contributed by atoms with Gasteiger partial charge in [-0.1, -0.05) is 219 Å². The summed E-state index contributed by atoms with van der Waals surface area (Å²) < 4.78 is 33.6. The molecule has 0 aromatic carbocycles. The van der Waals surface area contributed by atoms with Gasteiger partial charge >= 0.3 is 19.8 Å². The number of aliphatic hydroxyl groups is 5. The number of hydrogen-bond donors (Lipinski definition) is 6. The Morgan fingerprint density at radius 1 is 0.429 bits per heavy atom. The summed E-state index contributed by atoms with van der Waals surface area (Å²) in [6.07, 6.45) is 28.6. The fraction of sp³-hybridized carbons (Fsp3) is 0.959. The molecule has 6 unspecified atom stereocenters. The van der Waals surface area contributed by atoms with Crippen LogP contribution in [0.1, 0.15) is 245 Å². The van der Waals surface area contributed by atoms with Gasteiger partial charge in [0.15, 0.2) is 6.10 Å². The summed E-state index contributed by atoms with van der Waals surface area (Å²) in [6.45, 7) is 3.35. The highest BCUT2D eigenvalue weighted by molar-refractivity contribution is 7.47. The van der Waals surface area contributed by atoms with E-state index in [0.717, 1.165) is 38.5 Å². The zero-order chi connectivity index (χ0) is 46.4. The SMILES string of the molecule is CCCCCCCCCCCCCCCCCCCCCC(=O)OC[C@H](COP(=O)(O)OC1C(O)C(O)C(O)[C@@H](O)C1O)OC(=O)CCCCCCCCCCCCCCCCC. The second-order valence-corrected chi connectivity index (χ2v) is 19.8. The molecule has 1 fully saturated rings. The van der Waals surface area contributed by atoms with Crippen LogP contribution in [0.2, 0.25) is 0 Å². The van der Waals surface area contributed by atoms with Gasteiger partial charge in [-0.3, -0.25) is 18.6 Å². The van der Waals surface area contributed by atoms with Crippen LogP contribution in [0.3, 0.4) is 0 Å². The standard InChI is InChI=1S/C49H95O13P/c1-3-5-7-9-11-13-15-17-19-20-21-22-24-25-27-29-31-33-35-37-42(50)59-39-41(40-60-63(57,58)62-49-47(55)45(53)44(52)46(54)48(49)56)61-43(51)38-36-34-32-30-28-26-23-18-16-14-12-10-8-6-4-2/h41,44-49,52-56H,3-40H2,1-2H3,(H,57,58)/t41-,44?,45-,46?,47?,48?,49?/m1/s1. The molecule has 0 aromatic rings. The average molecular weight is 923 g/mol. The first kappa shape index (κ1) is 59.9. The molecule has 8 atom stereocenters. The van der Waals surface area contributed by atoms with Crippen molar-refractivity contribution in [3.63, 3.8) is 0 Å². The Bertz CT molecular complexity index is 1110. The molecule has 0 heterocycles. The number of rotatable bonds is 44. The zero-order valence-corrected chi connectivity index (χ0v) is 40.8. The predicted molar refractivity (Wildman–Crippen MR) is 249 cm³/mol. The fourth-order valence-electron chi connectivity index (χ4n) is 8.29. The molecule has 0 saturated heterocycles. The number of esters is 2. The lowest BCUT2D eigenvalue weighted by Crippen LogP contribution is -2.64. The van der Waals surface area contributed by atoms with Crippen LogP contribution < -0.4 is 0 Å². The van der Waals surface area contributed by atoms with Crippen molar-refractivity contribution in [2.24, 2.45) is 0 Å². The first-order chi connectivity index (χ1) is 30.4. The largest absolute Gasteiger partial charge is 0.472 e. The highest BCUT2D eigenvalue weighted by atomic mass is 31.2. The third-order valence-corrected chi connectivity index (χ3v) is 13.4. The van der Waals surface area contributed by atoms with Gasteiger partial charge in [0.25, 0.3) is 0 Å². The fourth-order valence-corrected chi connectivity index (χ4v) is 9.26. The highest BCUT2D eigenvalue weighted by Crippen LogP contribution is 2.47. The van der Waals surface area contributed by atoms with Crippen molar-refractivity contribution >= 4 is 19.8 Å². The predicted octanol–water partition coefficient (Wildman–Crippen LogP) is 10.8. The Kier molecular flexibility index (Phi) is 38.0. The third-order valence-electron chi connectivity index (χ3n) is 12.4. The molecule has 13 nitrogen and oxygen atoms in total. The second kappa shape index (κ2) is 40.0. The Morgan fingerprint density at radius 2 is 0.714 bits per heavy atom. The molecule has 0 radical (unpaired) electrons. The van der Waals surface area contributed by atoms with Gasteiger partial charge in [-0.15, -0.1) is 0 Å². The smallest absolute Gasteiger partial charge is 0.462 e. The summed E-state index contributed by atoms with van der Waals surface area (Å²) in [5.74, 6) is -1.08. The molecule has 0 aromatic heterocycles. The number of aliphatic hydroxyl groups excluding tert-OH is 5. The zero-order valence-electron chi connectivity index (χ0n) is 39.9. The number of ether oxygens (including phenoxy) is 2. The lowest BCUT2D eigenvalue weighted by atomic mass is 9.85. The lowest BCUT2D eigenvalue weighted by molar-refractivity contribution is -0.220. The minimum atomic E-state index is -5.11. The van der Waals surface area contributed by atoms with Crippen molar-refractivity contribution < 1.29 is 63.1 Å². The van der Waals surface area contributed by atoms with Crippen molar-refractivity contribution in [1.29, 1.82) is 0 Å². The Hall–Kier alpha value is -1.15. The third kappa shape index (κ3) is 32.2. The van der Waals surface area contributed by atoms with Crippen molar-refractivity contribution in [3.8, 4) is 0 Å². The van der Waals surface area contributed by atoms with Crippen LogP contribution in [-0.2, 0) is 32.7 Å². The molecular weight excluding hydrogens is 827 g/mol. The van der Waals surface area contributed by atoms with Gasteiger partial charge in [0, 0.05) is 12.8 Å². The first-order valence-electron chi connectivity index (χ1n) is 25.8. The second-order valence-electron chi connectivity index (χ2n) is 18.4. The maximum atomic E-state index is 12.8. The van der Waals surface area contributed by atoms with E-state index in [1.165, 1.54) is 167 Å². The summed E-state index contributed by atoms with van der Waals surface area (Å²) in [6, 6.07) is 0. The first-order valence-corrected chi connectivity index (χ1v) is 27.3. The van der Waals surface area contributed by atoms with Gasteiger partial charge in [-0.2, -0.15) is 0 Å². The lowest BCUT2D eigenvalue weighted by Gasteiger charge is -2.41. The monoisotopic (exact) mass is 923 g/mol. The van der Waals surface area contributed by atoms with Crippen LogP contribution in [0.15, 0.2) is 0 Å². The Balaban J connectivity index is 2.37. The summed E-state index contributed by atoms with van der Waals surface area (Å²) in [4.78, 5) is 35.8. The van der Waals surface area contributed by atoms with Crippen LogP contribution >= 0.6 is 7.82 Å².